The van der Waals surface area contributed by atoms with Gasteiger partial charge in [0.05, 0.1) is 11.5 Å². The summed E-state index contributed by atoms with van der Waals surface area (Å²) in [5.41, 5.74) is 1.29. The first kappa shape index (κ1) is 15.9. The molecule has 1 aliphatic heterocycles. The number of carbonyl (C=O) groups is 1. The van der Waals surface area contributed by atoms with Crippen LogP contribution in [0.15, 0.2) is 24.3 Å². The van der Waals surface area contributed by atoms with Gasteiger partial charge in [0.15, 0.2) is 0 Å². The molecule has 1 aliphatic rings. The van der Waals surface area contributed by atoms with Crippen molar-refractivity contribution in [1.82, 2.24) is 10.6 Å². The number of hydrogen-bond acceptors (Lipinski definition) is 4. The van der Waals surface area contributed by atoms with Gasteiger partial charge in [-0.3, -0.25) is 4.79 Å². The molecule has 1 amide bonds. The molecule has 1 aromatic rings. The van der Waals surface area contributed by atoms with Crippen molar-refractivity contribution in [2.45, 2.75) is 31.4 Å². The van der Waals surface area contributed by atoms with Crippen molar-refractivity contribution < 1.29 is 14.6 Å². The van der Waals surface area contributed by atoms with E-state index >= 15 is 0 Å². The Labute approximate surface area is 125 Å². The van der Waals surface area contributed by atoms with E-state index in [-0.39, 0.29) is 18.4 Å². The van der Waals surface area contributed by atoms with Gasteiger partial charge in [-0.05, 0) is 18.1 Å². The molecule has 0 aromatic heterocycles. The zero-order chi connectivity index (χ0) is 15.3. The number of aliphatic hydroxyl groups is 1. The molecule has 1 aromatic carbocycles. The average molecular weight is 292 g/mol. The minimum absolute atomic E-state index is 0.0488. The van der Waals surface area contributed by atoms with E-state index in [2.05, 4.69) is 10.6 Å². The molecular formula is C16H24N2O3. The topological polar surface area (TPSA) is 70.6 Å². The van der Waals surface area contributed by atoms with Crippen molar-refractivity contribution in [1.29, 1.82) is 0 Å². The number of benzene rings is 1. The number of amides is 1. The Bertz CT molecular complexity index is 488. The fourth-order valence-electron chi connectivity index (χ4n) is 2.54. The lowest BCUT2D eigenvalue weighted by Gasteiger charge is -2.28. The molecule has 2 unspecified atom stereocenters. The van der Waals surface area contributed by atoms with Crippen LogP contribution in [0.3, 0.4) is 0 Å². The molecule has 0 radical (unpaired) electrons. The predicted molar refractivity (Wildman–Crippen MR) is 81.0 cm³/mol. The van der Waals surface area contributed by atoms with Crippen molar-refractivity contribution in [3.05, 3.63) is 35.4 Å². The van der Waals surface area contributed by atoms with E-state index in [9.17, 15) is 9.90 Å². The molecule has 2 atom stereocenters. The van der Waals surface area contributed by atoms with Crippen LogP contribution in [0.4, 0.5) is 0 Å². The number of fused-ring (bicyclic) bond motifs is 1. The standard InChI is InChI=1S/C16H24N2O3/c1-16(20,7-8-21-2)11-18-15(19)14-10-17-9-12-5-3-4-6-13(12)14/h3-6,14,17,20H,7-11H2,1-2H3,(H,18,19). The SMILES string of the molecule is COCCC(C)(O)CNC(=O)C1CNCc2ccccc21. The van der Waals surface area contributed by atoms with E-state index in [4.69, 9.17) is 4.74 Å². The molecule has 116 valence electrons. The first-order valence-electron chi connectivity index (χ1n) is 7.31. The molecule has 5 nitrogen and oxygen atoms in total. The second kappa shape index (κ2) is 7.02. The Hall–Kier alpha value is -1.43. The van der Waals surface area contributed by atoms with Gasteiger partial charge >= 0.3 is 0 Å². The summed E-state index contributed by atoms with van der Waals surface area (Å²) in [6, 6.07) is 7.98. The minimum atomic E-state index is -0.951. The first-order valence-corrected chi connectivity index (χ1v) is 7.31. The van der Waals surface area contributed by atoms with Gasteiger partial charge in [0.25, 0.3) is 0 Å². The van der Waals surface area contributed by atoms with Crippen LogP contribution < -0.4 is 10.6 Å². The summed E-state index contributed by atoms with van der Waals surface area (Å²) in [7, 11) is 1.60. The maximum atomic E-state index is 12.4. The van der Waals surface area contributed by atoms with Gasteiger partial charge in [0, 0.05) is 39.8 Å². The molecule has 1 heterocycles. The highest BCUT2D eigenvalue weighted by molar-refractivity contribution is 5.84. The Morgan fingerprint density at radius 3 is 3.05 bits per heavy atom. The highest BCUT2D eigenvalue weighted by Gasteiger charge is 2.28. The number of ether oxygens (including phenoxy) is 1. The molecule has 21 heavy (non-hydrogen) atoms. The molecule has 0 fully saturated rings. The number of methoxy groups -OCH3 is 1. The summed E-state index contributed by atoms with van der Waals surface area (Å²) in [6.07, 6.45) is 0.489. The van der Waals surface area contributed by atoms with Crippen molar-refractivity contribution in [2.75, 3.05) is 26.8 Å². The average Bonchev–Trinajstić information content (AvgIpc) is 2.50. The van der Waals surface area contributed by atoms with Crippen LogP contribution >= 0.6 is 0 Å². The molecule has 0 bridgehead atoms. The highest BCUT2D eigenvalue weighted by atomic mass is 16.5. The smallest absolute Gasteiger partial charge is 0.228 e. The maximum absolute atomic E-state index is 12.4. The molecule has 5 heteroatoms. The third-order valence-electron chi connectivity index (χ3n) is 3.90. The van der Waals surface area contributed by atoms with Crippen LogP contribution in [-0.4, -0.2) is 43.4 Å². The molecule has 3 N–H and O–H groups in total. The summed E-state index contributed by atoms with van der Waals surface area (Å²) in [6.45, 7) is 3.83. The second-order valence-electron chi connectivity index (χ2n) is 5.84. The van der Waals surface area contributed by atoms with Crippen LogP contribution in [0, 0.1) is 0 Å². The number of nitrogens with one attached hydrogen (secondary N) is 2. The summed E-state index contributed by atoms with van der Waals surface area (Å²) in [5.74, 6) is -0.250. The zero-order valence-corrected chi connectivity index (χ0v) is 12.7. The van der Waals surface area contributed by atoms with Crippen LogP contribution in [0.2, 0.25) is 0 Å². The molecule has 2 rings (SSSR count). The van der Waals surface area contributed by atoms with Gasteiger partial charge in [0.2, 0.25) is 5.91 Å². The van der Waals surface area contributed by atoms with Gasteiger partial charge in [-0.2, -0.15) is 0 Å². The van der Waals surface area contributed by atoms with E-state index in [1.807, 2.05) is 24.3 Å². The Morgan fingerprint density at radius 2 is 2.29 bits per heavy atom. The minimum Gasteiger partial charge on any atom is -0.388 e. The third-order valence-corrected chi connectivity index (χ3v) is 3.90. The maximum Gasteiger partial charge on any atom is 0.228 e. The third kappa shape index (κ3) is 4.27. The highest BCUT2D eigenvalue weighted by Crippen LogP contribution is 2.24. The van der Waals surface area contributed by atoms with Gasteiger partial charge in [-0.1, -0.05) is 24.3 Å². The summed E-state index contributed by atoms with van der Waals surface area (Å²) < 4.78 is 4.96. The van der Waals surface area contributed by atoms with Crippen LogP contribution in [0.5, 0.6) is 0 Å². The van der Waals surface area contributed by atoms with E-state index < -0.39 is 5.60 Å². The molecule has 0 aliphatic carbocycles. The lowest BCUT2D eigenvalue weighted by atomic mass is 9.90. The summed E-state index contributed by atoms with van der Waals surface area (Å²) in [4.78, 5) is 12.4. The largest absolute Gasteiger partial charge is 0.388 e. The molecule has 0 saturated heterocycles. The Kier molecular flexibility index (Phi) is 5.33. The van der Waals surface area contributed by atoms with Crippen molar-refractivity contribution in [2.24, 2.45) is 0 Å². The van der Waals surface area contributed by atoms with Crippen molar-refractivity contribution >= 4 is 5.91 Å². The quantitative estimate of drug-likeness (QED) is 0.724. The molecule has 0 spiro atoms. The normalized spacial score (nSPS) is 20.4. The summed E-state index contributed by atoms with van der Waals surface area (Å²) >= 11 is 0. The monoisotopic (exact) mass is 292 g/mol. The molecule has 0 saturated carbocycles. The molecular weight excluding hydrogens is 268 g/mol. The van der Waals surface area contributed by atoms with Gasteiger partial charge in [0.1, 0.15) is 0 Å². The van der Waals surface area contributed by atoms with Crippen LogP contribution in [0.1, 0.15) is 30.4 Å². The lowest BCUT2D eigenvalue weighted by Crippen LogP contribution is -2.45. The fourth-order valence-corrected chi connectivity index (χ4v) is 2.54. The second-order valence-corrected chi connectivity index (χ2v) is 5.84. The summed E-state index contributed by atoms with van der Waals surface area (Å²) in [5, 5.41) is 16.3. The van der Waals surface area contributed by atoms with E-state index in [0.717, 1.165) is 17.7 Å². The zero-order valence-electron chi connectivity index (χ0n) is 12.7. The van der Waals surface area contributed by atoms with Crippen LogP contribution in [0.25, 0.3) is 0 Å². The van der Waals surface area contributed by atoms with Crippen molar-refractivity contribution in [3.63, 3.8) is 0 Å². The fraction of sp³-hybridized carbons (Fsp3) is 0.562. The van der Waals surface area contributed by atoms with Gasteiger partial charge in [-0.25, -0.2) is 0 Å². The number of rotatable bonds is 6. The van der Waals surface area contributed by atoms with E-state index in [1.165, 1.54) is 0 Å². The Balaban J connectivity index is 1.96. The lowest BCUT2D eigenvalue weighted by molar-refractivity contribution is -0.124. The number of carbonyl (C=O) groups excluding carboxylic acids is 1. The first-order chi connectivity index (χ1) is 10.0. The Morgan fingerprint density at radius 1 is 1.52 bits per heavy atom. The van der Waals surface area contributed by atoms with Gasteiger partial charge < -0.3 is 20.5 Å². The predicted octanol–water partition coefficient (Wildman–Crippen LogP) is 0.777. The number of hydrogen-bond donors (Lipinski definition) is 3. The van der Waals surface area contributed by atoms with Gasteiger partial charge in [-0.15, -0.1) is 0 Å². The van der Waals surface area contributed by atoms with Crippen LogP contribution in [-0.2, 0) is 16.1 Å². The van der Waals surface area contributed by atoms with E-state index in [1.54, 1.807) is 14.0 Å². The van der Waals surface area contributed by atoms with E-state index in [0.29, 0.717) is 19.6 Å². The van der Waals surface area contributed by atoms with Crippen molar-refractivity contribution in [3.8, 4) is 0 Å².